The minimum absolute atomic E-state index is 0.124. The van der Waals surface area contributed by atoms with Crippen molar-refractivity contribution >= 4 is 51.0 Å². The van der Waals surface area contributed by atoms with E-state index in [-0.39, 0.29) is 5.91 Å². The molecule has 0 aliphatic carbocycles. The Morgan fingerprint density at radius 2 is 1.47 bits per heavy atom. The van der Waals surface area contributed by atoms with Crippen LogP contribution >= 0.6 is 11.6 Å². The van der Waals surface area contributed by atoms with E-state index in [1.807, 2.05) is 82.1 Å². The van der Waals surface area contributed by atoms with Gasteiger partial charge in [-0.3, -0.25) is 9.78 Å². The van der Waals surface area contributed by atoms with Crippen molar-refractivity contribution in [2.75, 3.05) is 31.1 Å². The summed E-state index contributed by atoms with van der Waals surface area (Å²) in [5.41, 5.74) is 4.15. The lowest BCUT2D eigenvalue weighted by molar-refractivity contribution is 0.0740. The van der Waals surface area contributed by atoms with E-state index in [9.17, 15) is 4.79 Å². The summed E-state index contributed by atoms with van der Waals surface area (Å²) < 4.78 is 1.97. The summed E-state index contributed by atoms with van der Waals surface area (Å²) >= 11 is 6.55. The summed E-state index contributed by atoms with van der Waals surface area (Å²) in [6.45, 7) is 2.22. The monoisotopic (exact) mass is 520 g/mol. The second-order valence-corrected chi connectivity index (χ2v) is 9.52. The van der Waals surface area contributed by atoms with Crippen molar-refractivity contribution in [3.8, 4) is 11.4 Å². The first-order chi connectivity index (χ1) is 18.7. The molecule has 1 fully saturated rings. The van der Waals surface area contributed by atoms with Crippen molar-refractivity contribution in [3.63, 3.8) is 0 Å². The maximum absolute atomic E-state index is 13.3. The van der Waals surface area contributed by atoms with Crippen molar-refractivity contribution in [1.82, 2.24) is 34.4 Å². The van der Waals surface area contributed by atoms with E-state index in [2.05, 4.69) is 25.1 Å². The molecule has 1 aliphatic heterocycles. The molecule has 0 spiro atoms. The number of nitrogens with zero attached hydrogens (tertiary/aromatic N) is 8. The van der Waals surface area contributed by atoms with Crippen LogP contribution in [0, 0.1) is 0 Å². The molecule has 0 saturated carbocycles. The van der Waals surface area contributed by atoms with E-state index in [0.717, 1.165) is 27.9 Å². The van der Waals surface area contributed by atoms with Gasteiger partial charge >= 0.3 is 0 Å². The molecule has 0 unspecified atom stereocenters. The van der Waals surface area contributed by atoms with Crippen molar-refractivity contribution in [3.05, 3.63) is 89.7 Å². The molecule has 3 aromatic carbocycles. The summed E-state index contributed by atoms with van der Waals surface area (Å²) in [7, 11) is 0. The van der Waals surface area contributed by atoms with Crippen LogP contribution in [0.2, 0.25) is 5.02 Å². The van der Waals surface area contributed by atoms with Crippen LogP contribution in [-0.2, 0) is 0 Å². The number of carbonyl (C=O) groups excluding carboxylic acids is 1. The van der Waals surface area contributed by atoms with Gasteiger partial charge in [-0.05, 0) is 36.4 Å². The highest BCUT2D eigenvalue weighted by molar-refractivity contribution is 6.33. The summed E-state index contributed by atoms with van der Waals surface area (Å²) in [4.78, 5) is 31.2. The first kappa shape index (κ1) is 22.6. The summed E-state index contributed by atoms with van der Waals surface area (Å²) in [6, 6.07) is 23.0. The minimum Gasteiger partial charge on any atom is -0.338 e. The number of fused-ring (bicyclic) bond motifs is 4. The fourth-order valence-corrected chi connectivity index (χ4v) is 5.15. The normalized spacial score (nSPS) is 14.0. The van der Waals surface area contributed by atoms with Gasteiger partial charge in [0.05, 0.1) is 27.8 Å². The summed E-state index contributed by atoms with van der Waals surface area (Å²) in [5, 5.41) is 10.6. The van der Waals surface area contributed by atoms with E-state index >= 15 is 0 Å². The van der Waals surface area contributed by atoms with E-state index in [4.69, 9.17) is 16.6 Å². The van der Waals surface area contributed by atoms with Gasteiger partial charge in [0, 0.05) is 37.1 Å². The summed E-state index contributed by atoms with van der Waals surface area (Å²) in [5.74, 6) is 1.22. The fraction of sp³-hybridized carbons (Fsp3) is 0.143. The number of carbonyl (C=O) groups is 1. The third-order valence-electron chi connectivity index (χ3n) is 6.86. The van der Waals surface area contributed by atoms with Gasteiger partial charge < -0.3 is 9.80 Å². The number of amides is 1. The molecule has 9 nitrogen and oxygen atoms in total. The molecule has 0 atom stereocenters. The average Bonchev–Trinajstić information content (AvgIpc) is 3.42. The second-order valence-electron chi connectivity index (χ2n) is 9.11. The molecule has 186 valence electrons. The molecular weight excluding hydrogens is 500 g/mol. The standard InChI is InChI=1S/C28H21ClN8O/c29-20-9-3-1-7-18(20)25-33-34-26-19-8-2-4-10-21(19)32-28(37(25)26)36-15-13-35(14-16-36)27(38)24-17-30-22-11-5-6-12-23(22)31-24/h1-12,17H,13-16H2. The fourth-order valence-electron chi connectivity index (χ4n) is 4.93. The highest BCUT2D eigenvalue weighted by Crippen LogP contribution is 2.32. The Labute approximate surface area is 222 Å². The molecule has 3 aromatic heterocycles. The van der Waals surface area contributed by atoms with Gasteiger partial charge in [0.15, 0.2) is 11.5 Å². The number of aromatic nitrogens is 6. The van der Waals surface area contributed by atoms with Crippen LogP contribution in [0.15, 0.2) is 79.0 Å². The molecule has 1 aliphatic rings. The van der Waals surface area contributed by atoms with Crippen LogP contribution in [0.3, 0.4) is 0 Å². The van der Waals surface area contributed by atoms with Crippen molar-refractivity contribution < 1.29 is 4.79 Å². The third-order valence-corrected chi connectivity index (χ3v) is 7.19. The van der Waals surface area contributed by atoms with Crippen LogP contribution in [0.1, 0.15) is 10.5 Å². The highest BCUT2D eigenvalue weighted by Gasteiger charge is 2.27. The Kier molecular flexibility index (Phi) is 5.36. The highest BCUT2D eigenvalue weighted by atomic mass is 35.5. The largest absolute Gasteiger partial charge is 0.338 e. The number of benzene rings is 3. The molecule has 4 heterocycles. The Bertz CT molecular complexity index is 1840. The molecule has 38 heavy (non-hydrogen) atoms. The molecule has 10 heteroatoms. The van der Waals surface area contributed by atoms with Gasteiger partial charge in [-0.1, -0.05) is 48.0 Å². The average molecular weight is 521 g/mol. The first-order valence-electron chi connectivity index (χ1n) is 12.3. The number of rotatable bonds is 3. The SMILES string of the molecule is O=C(c1cnc2ccccc2n1)N1CCN(c2nc3ccccc3c3nnc(-c4ccccc4Cl)n23)CC1. The van der Waals surface area contributed by atoms with Gasteiger partial charge in [-0.2, -0.15) is 0 Å². The van der Waals surface area contributed by atoms with Gasteiger partial charge in [0.1, 0.15) is 5.69 Å². The predicted octanol–water partition coefficient (Wildman–Crippen LogP) is 4.50. The van der Waals surface area contributed by atoms with E-state index in [1.165, 1.54) is 0 Å². The van der Waals surface area contributed by atoms with Crippen LogP contribution in [0.4, 0.5) is 5.95 Å². The van der Waals surface area contributed by atoms with Gasteiger partial charge in [-0.25, -0.2) is 14.4 Å². The minimum atomic E-state index is -0.124. The van der Waals surface area contributed by atoms with E-state index in [1.54, 1.807) is 6.20 Å². The lowest BCUT2D eigenvalue weighted by Crippen LogP contribution is -2.49. The Morgan fingerprint density at radius 3 is 2.29 bits per heavy atom. The molecule has 0 radical (unpaired) electrons. The number of piperazine rings is 1. The second kappa shape index (κ2) is 9.04. The van der Waals surface area contributed by atoms with E-state index in [0.29, 0.717) is 53.9 Å². The number of hydrogen-bond donors (Lipinski definition) is 0. The molecule has 1 saturated heterocycles. The molecule has 0 N–H and O–H groups in total. The maximum Gasteiger partial charge on any atom is 0.274 e. The number of para-hydroxylation sites is 3. The molecule has 0 bridgehead atoms. The predicted molar refractivity (Wildman–Crippen MR) is 146 cm³/mol. The Balaban J connectivity index is 1.24. The number of halogens is 1. The number of anilines is 1. The van der Waals surface area contributed by atoms with Crippen LogP contribution in [0.25, 0.3) is 39.0 Å². The lowest BCUT2D eigenvalue weighted by Gasteiger charge is -2.35. The van der Waals surface area contributed by atoms with E-state index < -0.39 is 0 Å². The molecule has 6 aromatic rings. The Morgan fingerprint density at radius 1 is 0.763 bits per heavy atom. The number of hydrogen-bond acceptors (Lipinski definition) is 7. The smallest absolute Gasteiger partial charge is 0.274 e. The van der Waals surface area contributed by atoms with Crippen LogP contribution in [-0.4, -0.2) is 66.5 Å². The zero-order chi connectivity index (χ0) is 25.6. The van der Waals surface area contributed by atoms with Gasteiger partial charge in [0.25, 0.3) is 5.91 Å². The topological polar surface area (TPSA) is 92.4 Å². The van der Waals surface area contributed by atoms with Crippen LogP contribution in [0.5, 0.6) is 0 Å². The first-order valence-corrected chi connectivity index (χ1v) is 12.7. The van der Waals surface area contributed by atoms with Gasteiger partial charge in [0.2, 0.25) is 5.95 Å². The van der Waals surface area contributed by atoms with Gasteiger partial charge in [-0.15, -0.1) is 10.2 Å². The summed E-state index contributed by atoms with van der Waals surface area (Å²) in [6.07, 6.45) is 1.55. The van der Waals surface area contributed by atoms with Crippen molar-refractivity contribution in [1.29, 1.82) is 0 Å². The van der Waals surface area contributed by atoms with Crippen molar-refractivity contribution in [2.45, 2.75) is 0 Å². The zero-order valence-corrected chi connectivity index (χ0v) is 21.0. The third kappa shape index (κ3) is 3.71. The zero-order valence-electron chi connectivity index (χ0n) is 20.2. The molecular formula is C28H21ClN8O. The molecule has 7 rings (SSSR count). The Hall–Kier alpha value is -4.63. The van der Waals surface area contributed by atoms with Crippen LogP contribution < -0.4 is 4.90 Å². The quantitative estimate of drug-likeness (QED) is 0.339. The maximum atomic E-state index is 13.3. The lowest BCUT2D eigenvalue weighted by atomic mass is 10.2. The van der Waals surface area contributed by atoms with Crippen molar-refractivity contribution in [2.24, 2.45) is 0 Å². The molecule has 1 amide bonds.